The molecule has 7 nitrogen and oxygen atoms in total. The first kappa shape index (κ1) is 15.8. The number of nitrogens with zero attached hydrogens (tertiary/aromatic N) is 3. The van der Waals surface area contributed by atoms with Crippen molar-refractivity contribution in [3.8, 4) is 0 Å². The predicted octanol–water partition coefficient (Wildman–Crippen LogP) is 1.10. The van der Waals surface area contributed by atoms with Crippen molar-refractivity contribution in [1.29, 1.82) is 0 Å². The molecule has 0 aromatic carbocycles. The molecule has 0 saturated heterocycles. The van der Waals surface area contributed by atoms with Crippen LogP contribution in [0.1, 0.15) is 0 Å². The minimum Gasteiger partial charge on any atom is -0.384 e. The number of rotatable bonds is 0. The largest absolute Gasteiger partial charge is 0.384 e. The van der Waals surface area contributed by atoms with Crippen LogP contribution in [0.5, 0.6) is 0 Å². The number of aromatic nitrogens is 4. The quantitative estimate of drug-likeness (QED) is 0.568. The van der Waals surface area contributed by atoms with E-state index in [1.807, 2.05) is 12.1 Å². The maximum atomic E-state index is 10.2. The lowest BCUT2D eigenvalue weighted by Gasteiger charge is -1.82. The lowest BCUT2D eigenvalue weighted by molar-refractivity contribution is 1.19. The average molecular weight is 284 g/mol. The number of anilines is 2. The van der Waals surface area contributed by atoms with Crippen LogP contribution in [0.2, 0.25) is 0 Å². The molecule has 0 amide bonds. The van der Waals surface area contributed by atoms with Gasteiger partial charge in [0.25, 0.3) is 0 Å². The van der Waals surface area contributed by atoms with Gasteiger partial charge in [-0.3, -0.25) is 4.79 Å². The molecule has 0 aliphatic carbocycles. The van der Waals surface area contributed by atoms with Gasteiger partial charge in [0, 0.05) is 30.9 Å². The molecule has 3 aromatic rings. The number of nitrogens with one attached hydrogen (secondary N) is 1. The third kappa shape index (κ3) is 8.49. The van der Waals surface area contributed by atoms with Gasteiger partial charge in [-0.05, 0) is 24.3 Å². The second kappa shape index (κ2) is 9.68. The van der Waals surface area contributed by atoms with E-state index in [2.05, 4.69) is 19.9 Å². The van der Waals surface area contributed by atoms with Crippen molar-refractivity contribution in [2.75, 3.05) is 11.5 Å². The summed E-state index contributed by atoms with van der Waals surface area (Å²) in [7, 11) is 0. The first-order chi connectivity index (χ1) is 10.2. The van der Waals surface area contributed by atoms with E-state index in [4.69, 9.17) is 11.5 Å². The van der Waals surface area contributed by atoms with Crippen molar-refractivity contribution >= 4 is 11.8 Å². The summed E-state index contributed by atoms with van der Waals surface area (Å²) in [5, 5.41) is 0. The minimum atomic E-state index is -0.0532. The fourth-order valence-electron chi connectivity index (χ4n) is 1.06. The van der Waals surface area contributed by atoms with Gasteiger partial charge in [0.2, 0.25) is 11.5 Å². The van der Waals surface area contributed by atoms with Crippen LogP contribution in [0, 0.1) is 0 Å². The molecule has 3 aromatic heterocycles. The minimum absolute atomic E-state index is 0.0532. The Morgan fingerprint density at radius 3 is 1.76 bits per heavy atom. The van der Waals surface area contributed by atoms with E-state index in [1.165, 1.54) is 6.07 Å². The molecular formula is C14H16N6O. The highest BCUT2D eigenvalue weighted by Gasteiger charge is 1.75. The Morgan fingerprint density at radius 1 is 0.810 bits per heavy atom. The first-order valence-electron chi connectivity index (χ1n) is 6.01. The summed E-state index contributed by atoms with van der Waals surface area (Å²) >= 11 is 0. The van der Waals surface area contributed by atoms with Crippen molar-refractivity contribution in [2.24, 2.45) is 0 Å². The Balaban J connectivity index is 0.000000157. The van der Waals surface area contributed by atoms with Crippen molar-refractivity contribution in [3.63, 3.8) is 0 Å². The van der Waals surface area contributed by atoms with Gasteiger partial charge in [-0.1, -0.05) is 12.1 Å². The molecule has 3 rings (SSSR count). The maximum absolute atomic E-state index is 10.2. The summed E-state index contributed by atoms with van der Waals surface area (Å²) in [4.78, 5) is 23.7. The molecule has 0 fully saturated rings. The zero-order valence-electron chi connectivity index (χ0n) is 11.3. The van der Waals surface area contributed by atoms with E-state index in [0.29, 0.717) is 11.8 Å². The molecule has 0 aliphatic rings. The summed E-state index contributed by atoms with van der Waals surface area (Å²) in [6.45, 7) is 0. The van der Waals surface area contributed by atoms with Gasteiger partial charge >= 0.3 is 0 Å². The topological polar surface area (TPSA) is 124 Å². The molecular weight excluding hydrogens is 268 g/mol. The number of hydrogen-bond acceptors (Lipinski definition) is 6. The molecule has 0 aliphatic heterocycles. The zero-order chi connectivity index (χ0) is 15.3. The number of aromatic amines is 1. The Morgan fingerprint density at radius 2 is 1.48 bits per heavy atom. The van der Waals surface area contributed by atoms with E-state index < -0.39 is 0 Å². The van der Waals surface area contributed by atoms with E-state index in [9.17, 15) is 4.79 Å². The standard InChI is InChI=1S/C5H6N2.C5H5NO.C4H5N3/c6-5-3-1-2-4-7-5;7-5-3-1-2-4-6-5;5-4-6-2-1-3-7-4/h1-4H,(H2,6,7);1-4H,(H,6,7);1-3H,(H2,5,6,7). The van der Waals surface area contributed by atoms with Crippen molar-refractivity contribution in [2.45, 2.75) is 0 Å². The van der Waals surface area contributed by atoms with Gasteiger partial charge < -0.3 is 16.5 Å². The molecule has 0 radical (unpaired) electrons. The smallest absolute Gasteiger partial charge is 0.247 e. The van der Waals surface area contributed by atoms with Crippen LogP contribution in [0.3, 0.4) is 0 Å². The molecule has 5 N–H and O–H groups in total. The Kier molecular flexibility index (Phi) is 7.30. The second-order valence-corrected chi connectivity index (χ2v) is 3.59. The number of H-pyrrole nitrogens is 1. The molecule has 7 heteroatoms. The zero-order valence-corrected chi connectivity index (χ0v) is 11.3. The number of nitrogen functional groups attached to an aromatic ring is 2. The van der Waals surface area contributed by atoms with Crippen LogP contribution in [-0.2, 0) is 0 Å². The molecule has 0 saturated carbocycles. The number of nitrogens with two attached hydrogens (primary N) is 2. The van der Waals surface area contributed by atoms with Gasteiger partial charge in [0.05, 0.1) is 0 Å². The van der Waals surface area contributed by atoms with Gasteiger partial charge in [0.15, 0.2) is 0 Å². The van der Waals surface area contributed by atoms with Gasteiger partial charge in [-0.15, -0.1) is 0 Å². The highest BCUT2D eigenvalue weighted by molar-refractivity contribution is 5.25. The highest BCUT2D eigenvalue weighted by atomic mass is 16.1. The third-order valence-electron chi connectivity index (χ3n) is 1.95. The number of hydrogen-bond donors (Lipinski definition) is 3. The van der Waals surface area contributed by atoms with Crippen LogP contribution in [0.15, 0.2) is 72.0 Å². The first-order valence-corrected chi connectivity index (χ1v) is 6.01. The third-order valence-corrected chi connectivity index (χ3v) is 1.95. The van der Waals surface area contributed by atoms with Crippen LogP contribution >= 0.6 is 0 Å². The summed E-state index contributed by atoms with van der Waals surface area (Å²) < 4.78 is 0. The monoisotopic (exact) mass is 284 g/mol. The molecule has 0 bridgehead atoms. The van der Waals surface area contributed by atoms with Crippen molar-refractivity contribution in [3.05, 3.63) is 77.6 Å². The summed E-state index contributed by atoms with van der Waals surface area (Å²) in [6.07, 6.45) is 6.46. The fraction of sp³-hybridized carbons (Fsp3) is 0. The predicted molar refractivity (Wildman–Crippen MR) is 82.2 cm³/mol. The SMILES string of the molecule is Nc1ccccn1.Nc1ncccn1.O=c1cccc[nH]1. The summed E-state index contributed by atoms with van der Waals surface area (Å²) in [6, 6.07) is 12.1. The van der Waals surface area contributed by atoms with E-state index >= 15 is 0 Å². The van der Waals surface area contributed by atoms with Crippen molar-refractivity contribution in [1.82, 2.24) is 19.9 Å². The molecule has 108 valence electrons. The molecule has 0 unspecified atom stereocenters. The Hall–Kier alpha value is -3.22. The Labute approximate surface area is 121 Å². The van der Waals surface area contributed by atoms with Crippen LogP contribution in [0.25, 0.3) is 0 Å². The van der Waals surface area contributed by atoms with Gasteiger partial charge in [0.1, 0.15) is 5.82 Å². The van der Waals surface area contributed by atoms with Gasteiger partial charge in [-0.25, -0.2) is 15.0 Å². The van der Waals surface area contributed by atoms with Crippen LogP contribution in [0.4, 0.5) is 11.8 Å². The second-order valence-electron chi connectivity index (χ2n) is 3.59. The molecule has 0 spiro atoms. The lowest BCUT2D eigenvalue weighted by atomic mass is 10.5. The highest BCUT2D eigenvalue weighted by Crippen LogP contribution is 1.89. The van der Waals surface area contributed by atoms with E-state index in [-0.39, 0.29) is 5.56 Å². The average Bonchev–Trinajstić information content (AvgIpc) is 2.51. The molecule has 3 heterocycles. The van der Waals surface area contributed by atoms with E-state index in [0.717, 1.165) is 0 Å². The summed E-state index contributed by atoms with van der Waals surface area (Å²) in [5.74, 6) is 0.894. The van der Waals surface area contributed by atoms with Crippen LogP contribution in [-0.4, -0.2) is 19.9 Å². The summed E-state index contributed by atoms with van der Waals surface area (Å²) in [5.41, 5.74) is 10.3. The molecule has 0 atom stereocenters. The van der Waals surface area contributed by atoms with Crippen LogP contribution < -0.4 is 17.0 Å². The lowest BCUT2D eigenvalue weighted by Crippen LogP contribution is -1.98. The van der Waals surface area contributed by atoms with Gasteiger partial charge in [-0.2, -0.15) is 0 Å². The fourth-order valence-corrected chi connectivity index (χ4v) is 1.06. The molecule has 21 heavy (non-hydrogen) atoms. The normalized spacial score (nSPS) is 8.57. The van der Waals surface area contributed by atoms with E-state index in [1.54, 1.807) is 49.1 Å². The Bertz CT molecular complexity index is 602. The number of pyridine rings is 2. The maximum Gasteiger partial charge on any atom is 0.247 e. The van der Waals surface area contributed by atoms with Crippen molar-refractivity contribution < 1.29 is 0 Å².